The summed E-state index contributed by atoms with van der Waals surface area (Å²) in [6.45, 7) is 3.70. The predicted molar refractivity (Wildman–Crippen MR) is 160 cm³/mol. The highest BCUT2D eigenvalue weighted by molar-refractivity contribution is 7.91. The van der Waals surface area contributed by atoms with Crippen LogP contribution in [0.25, 0.3) is 0 Å². The number of piperidine rings is 2. The summed E-state index contributed by atoms with van der Waals surface area (Å²) >= 11 is 12.5. The smallest absolute Gasteiger partial charge is 0.352 e. The van der Waals surface area contributed by atoms with E-state index >= 15 is 0 Å². The molecule has 8 nitrogen and oxygen atoms in total. The summed E-state index contributed by atoms with van der Waals surface area (Å²) in [5, 5.41) is 6.19. The van der Waals surface area contributed by atoms with Crippen LogP contribution in [0.5, 0.6) is 0 Å². The van der Waals surface area contributed by atoms with E-state index in [9.17, 15) is 31.2 Å². The maximum atomic E-state index is 14.4. The molecule has 2 amide bonds. The van der Waals surface area contributed by atoms with Crippen molar-refractivity contribution in [3.8, 4) is 0 Å². The van der Waals surface area contributed by atoms with Crippen molar-refractivity contribution in [1.29, 1.82) is 0 Å². The van der Waals surface area contributed by atoms with E-state index in [0.717, 1.165) is 36.8 Å². The van der Waals surface area contributed by atoms with E-state index in [1.807, 2.05) is 4.90 Å². The van der Waals surface area contributed by atoms with Crippen molar-refractivity contribution < 1.29 is 31.2 Å². The molecule has 0 unspecified atom stereocenters. The molecule has 0 radical (unpaired) electrons. The molecule has 14 heteroatoms. The summed E-state index contributed by atoms with van der Waals surface area (Å²) in [5.41, 5.74) is -1.63. The number of carbonyl (C=O) groups is 2. The van der Waals surface area contributed by atoms with Crippen LogP contribution in [-0.4, -0.2) is 70.2 Å². The lowest BCUT2D eigenvalue weighted by atomic mass is 9.97. The average molecular weight is 664 g/mol. The molecule has 2 aliphatic heterocycles. The minimum Gasteiger partial charge on any atom is -0.352 e. The first kappa shape index (κ1) is 33.5. The first-order chi connectivity index (χ1) is 20.2. The fraction of sp³-hybridized carbons (Fsp3) is 0.517. The molecule has 2 aromatic carbocycles. The molecule has 2 aliphatic rings. The van der Waals surface area contributed by atoms with Crippen LogP contribution in [0, 0.1) is 5.92 Å². The van der Waals surface area contributed by atoms with Crippen LogP contribution >= 0.6 is 23.2 Å². The summed E-state index contributed by atoms with van der Waals surface area (Å²) in [5.74, 6) is -1.30. The second-order valence-corrected chi connectivity index (χ2v) is 14.1. The Morgan fingerprint density at radius 1 is 1.14 bits per heavy atom. The van der Waals surface area contributed by atoms with Crippen LogP contribution in [-0.2, 0) is 27.4 Å². The van der Waals surface area contributed by atoms with Crippen molar-refractivity contribution in [2.45, 2.75) is 56.3 Å². The molecular weight excluding hydrogens is 628 g/mol. The van der Waals surface area contributed by atoms with Gasteiger partial charge in [-0.1, -0.05) is 30.1 Å². The Morgan fingerprint density at radius 3 is 2.53 bits per heavy atom. The Kier molecular flexibility index (Phi) is 10.7. The number of halogens is 5. The first-order valence-electron chi connectivity index (χ1n) is 14.1. The molecular formula is C29H35Cl2F3N4O4S. The molecule has 2 fully saturated rings. The summed E-state index contributed by atoms with van der Waals surface area (Å²) < 4.78 is 68.4. The minimum atomic E-state index is -4.82. The lowest BCUT2D eigenvalue weighted by molar-refractivity contribution is -0.138. The number of nitrogens with zero attached hydrogens (tertiary/aromatic N) is 2. The molecule has 236 valence electrons. The van der Waals surface area contributed by atoms with Crippen molar-refractivity contribution in [3.05, 3.63) is 57.1 Å². The number of sulfone groups is 1. The van der Waals surface area contributed by atoms with E-state index in [1.54, 1.807) is 0 Å². The monoisotopic (exact) mass is 662 g/mol. The maximum Gasteiger partial charge on any atom is 0.416 e. The van der Waals surface area contributed by atoms with Gasteiger partial charge in [0.1, 0.15) is 0 Å². The van der Waals surface area contributed by atoms with Gasteiger partial charge in [-0.2, -0.15) is 13.2 Å². The summed E-state index contributed by atoms with van der Waals surface area (Å²) in [4.78, 5) is 28.8. The number of hydrogen-bond donors (Lipinski definition) is 2. The number of rotatable bonds is 8. The summed E-state index contributed by atoms with van der Waals surface area (Å²) in [6, 6.07) is 5.62. The zero-order valence-electron chi connectivity index (χ0n) is 23.9. The molecule has 2 aromatic rings. The maximum absolute atomic E-state index is 14.4. The van der Waals surface area contributed by atoms with Gasteiger partial charge < -0.3 is 15.5 Å². The van der Waals surface area contributed by atoms with Crippen molar-refractivity contribution in [2.75, 3.05) is 43.9 Å². The fourth-order valence-electron chi connectivity index (χ4n) is 5.58. The normalized spacial score (nSPS) is 20.1. The molecule has 43 heavy (non-hydrogen) atoms. The van der Waals surface area contributed by atoms with E-state index < -0.39 is 27.5 Å². The zero-order chi connectivity index (χ0) is 31.5. The van der Waals surface area contributed by atoms with E-state index in [1.165, 1.54) is 38.2 Å². The molecule has 2 heterocycles. The van der Waals surface area contributed by atoms with Gasteiger partial charge in [0.05, 0.1) is 27.8 Å². The van der Waals surface area contributed by atoms with Crippen LogP contribution < -0.4 is 15.5 Å². The third-order valence-electron chi connectivity index (χ3n) is 7.95. The molecule has 0 aromatic heterocycles. The van der Waals surface area contributed by atoms with E-state index in [2.05, 4.69) is 10.6 Å². The van der Waals surface area contributed by atoms with Gasteiger partial charge in [0.25, 0.3) is 5.91 Å². The Bertz CT molecular complexity index is 1470. The van der Waals surface area contributed by atoms with Crippen molar-refractivity contribution in [1.82, 2.24) is 15.5 Å². The topological polar surface area (TPSA) is 98.8 Å². The SMILES string of the molecule is CCS(=O)(=O)c1ccc(Cl)cc1N(C)C(=O)c1cc(Cl)c(CN2CCC[C@H](NC(=O)[C@@H]3CCCNC3)C2)c(C(F)(F)F)c1. The molecule has 0 bridgehead atoms. The quantitative estimate of drug-likeness (QED) is 0.405. The number of nitrogens with one attached hydrogen (secondary N) is 2. The lowest BCUT2D eigenvalue weighted by Crippen LogP contribution is -2.50. The van der Waals surface area contributed by atoms with E-state index in [0.29, 0.717) is 26.1 Å². The Hall–Kier alpha value is -2.38. The second-order valence-electron chi connectivity index (χ2n) is 11.0. The van der Waals surface area contributed by atoms with Crippen molar-refractivity contribution in [2.24, 2.45) is 5.92 Å². The van der Waals surface area contributed by atoms with Crippen LogP contribution in [0.1, 0.15) is 54.1 Å². The van der Waals surface area contributed by atoms with Crippen LogP contribution in [0.15, 0.2) is 35.2 Å². The molecule has 4 rings (SSSR count). The number of benzene rings is 2. The van der Waals surface area contributed by atoms with Gasteiger partial charge in [-0.3, -0.25) is 14.5 Å². The first-order valence-corrected chi connectivity index (χ1v) is 16.6. The van der Waals surface area contributed by atoms with Gasteiger partial charge in [0, 0.05) is 48.3 Å². The number of likely N-dealkylation sites (tertiary alicyclic amines) is 1. The summed E-state index contributed by atoms with van der Waals surface area (Å²) in [6.07, 6.45) is -1.69. The Morgan fingerprint density at radius 2 is 1.88 bits per heavy atom. The van der Waals surface area contributed by atoms with Gasteiger partial charge in [0.2, 0.25) is 5.91 Å². The van der Waals surface area contributed by atoms with Gasteiger partial charge in [-0.25, -0.2) is 8.42 Å². The lowest BCUT2D eigenvalue weighted by Gasteiger charge is -2.35. The Balaban J connectivity index is 1.58. The number of hydrogen-bond acceptors (Lipinski definition) is 6. The third-order valence-corrected chi connectivity index (χ3v) is 10.3. The number of carbonyl (C=O) groups excluding carboxylic acids is 2. The number of amides is 2. The predicted octanol–water partition coefficient (Wildman–Crippen LogP) is 5.16. The second kappa shape index (κ2) is 13.7. The number of alkyl halides is 3. The van der Waals surface area contributed by atoms with E-state index in [4.69, 9.17) is 23.2 Å². The zero-order valence-corrected chi connectivity index (χ0v) is 26.3. The molecule has 0 spiro atoms. The van der Waals surface area contributed by atoms with Crippen LogP contribution in [0.4, 0.5) is 18.9 Å². The van der Waals surface area contributed by atoms with E-state index in [-0.39, 0.29) is 61.9 Å². The van der Waals surface area contributed by atoms with Gasteiger partial charge in [0.15, 0.2) is 9.84 Å². The molecule has 2 saturated heterocycles. The highest BCUT2D eigenvalue weighted by atomic mass is 35.5. The van der Waals surface area contributed by atoms with Crippen molar-refractivity contribution in [3.63, 3.8) is 0 Å². The highest BCUT2D eigenvalue weighted by Crippen LogP contribution is 2.38. The van der Waals surface area contributed by atoms with Gasteiger partial charge in [-0.15, -0.1) is 0 Å². The largest absolute Gasteiger partial charge is 0.416 e. The molecule has 2 N–H and O–H groups in total. The fourth-order valence-corrected chi connectivity index (χ4v) is 7.13. The van der Waals surface area contributed by atoms with Gasteiger partial charge in [-0.05, 0) is 74.7 Å². The minimum absolute atomic E-state index is 0.0466. The van der Waals surface area contributed by atoms with Crippen LogP contribution in [0.2, 0.25) is 10.0 Å². The van der Waals surface area contributed by atoms with Gasteiger partial charge >= 0.3 is 6.18 Å². The highest BCUT2D eigenvalue weighted by Gasteiger charge is 2.37. The van der Waals surface area contributed by atoms with Crippen LogP contribution in [0.3, 0.4) is 0 Å². The number of anilines is 1. The third kappa shape index (κ3) is 8.02. The average Bonchev–Trinajstić information content (AvgIpc) is 2.97. The molecule has 0 aliphatic carbocycles. The molecule has 0 saturated carbocycles. The summed E-state index contributed by atoms with van der Waals surface area (Å²) in [7, 11) is -2.51. The standard InChI is InChI=1S/C29H35Cl2F3N4O4S/c1-3-43(41,42)26-9-8-20(30)14-25(26)37(2)28(40)19-12-23(29(32,33)34)22(24(31)13-19)17-38-11-5-7-21(16-38)36-27(39)18-6-4-10-35-15-18/h8-9,12-14,18,21,35H,3-7,10-11,15-17H2,1-2H3,(H,36,39)/t18-,21+/m1/s1. The molecule has 2 atom stereocenters. The van der Waals surface area contributed by atoms with Crippen molar-refractivity contribution >= 4 is 50.5 Å². The Labute approximate surface area is 259 Å².